The number of hydrogen-bond donors (Lipinski definition) is 3. The molecule has 0 aliphatic carbocycles. The van der Waals surface area contributed by atoms with Crippen LogP contribution < -0.4 is 5.32 Å². The van der Waals surface area contributed by atoms with Crippen LogP contribution in [0.5, 0.6) is 0 Å². The van der Waals surface area contributed by atoms with Crippen molar-refractivity contribution in [3.63, 3.8) is 0 Å². The van der Waals surface area contributed by atoms with Gasteiger partial charge in [-0.25, -0.2) is 8.78 Å². The molecule has 0 radical (unpaired) electrons. The lowest BCUT2D eigenvalue weighted by Crippen LogP contribution is -2.42. The molecule has 3 N–H and O–H groups in total. The number of carbonyl (C=O) groups is 1. The summed E-state index contributed by atoms with van der Waals surface area (Å²) in [5.41, 5.74) is 2.44. The van der Waals surface area contributed by atoms with E-state index in [0.29, 0.717) is 23.4 Å². The number of pyridine rings is 1. The van der Waals surface area contributed by atoms with Crippen molar-refractivity contribution in [3.05, 3.63) is 95.8 Å². The van der Waals surface area contributed by atoms with Gasteiger partial charge < -0.3 is 10.4 Å². The summed E-state index contributed by atoms with van der Waals surface area (Å²) < 4.78 is 28.2. The molecule has 1 unspecified atom stereocenters. The van der Waals surface area contributed by atoms with E-state index in [1.807, 2.05) is 19.1 Å². The highest BCUT2D eigenvalue weighted by Crippen LogP contribution is 2.29. The number of aliphatic hydroxyl groups is 1. The smallest absolute Gasteiger partial charge is 0.252 e. The quantitative estimate of drug-likeness (QED) is 0.362. The first-order valence-electron chi connectivity index (χ1n) is 10.9. The van der Waals surface area contributed by atoms with Crippen LogP contribution in [0.15, 0.2) is 72.9 Å². The third-order valence-electron chi connectivity index (χ3n) is 5.69. The molecule has 2 atom stereocenters. The zero-order valence-corrected chi connectivity index (χ0v) is 18.5. The van der Waals surface area contributed by atoms with E-state index < -0.39 is 17.8 Å². The monoisotopic (exact) mass is 462 g/mol. The SMILES string of the molecule is CC(CO)[C@@H](Cc1ccccn1)NC(=O)c1cccc(F)c1-c1cc(-c2ccc(F)cc2)n[nH]1. The number of nitrogens with zero attached hydrogens (tertiary/aromatic N) is 2. The lowest BCUT2D eigenvalue weighted by atomic mass is 9.96. The van der Waals surface area contributed by atoms with E-state index in [4.69, 9.17) is 0 Å². The third kappa shape index (κ3) is 5.18. The second-order valence-electron chi connectivity index (χ2n) is 8.10. The van der Waals surface area contributed by atoms with Crippen LogP contribution in [0.3, 0.4) is 0 Å². The van der Waals surface area contributed by atoms with Crippen molar-refractivity contribution >= 4 is 5.91 Å². The van der Waals surface area contributed by atoms with Gasteiger partial charge in [-0.05, 0) is 60.5 Å². The summed E-state index contributed by atoms with van der Waals surface area (Å²) in [5.74, 6) is -1.68. The van der Waals surface area contributed by atoms with Crippen molar-refractivity contribution in [2.24, 2.45) is 5.92 Å². The largest absolute Gasteiger partial charge is 0.396 e. The Morgan fingerprint density at radius 3 is 2.59 bits per heavy atom. The highest BCUT2D eigenvalue weighted by molar-refractivity contribution is 6.01. The minimum Gasteiger partial charge on any atom is -0.396 e. The number of rotatable bonds is 8. The Morgan fingerprint density at radius 1 is 1.09 bits per heavy atom. The summed E-state index contributed by atoms with van der Waals surface area (Å²) in [6, 6.07) is 16.7. The van der Waals surface area contributed by atoms with Crippen molar-refractivity contribution in [1.29, 1.82) is 0 Å². The van der Waals surface area contributed by atoms with Crippen LogP contribution in [0, 0.1) is 17.6 Å². The van der Waals surface area contributed by atoms with Crippen LogP contribution in [0.2, 0.25) is 0 Å². The molecule has 2 aromatic heterocycles. The fourth-order valence-electron chi connectivity index (χ4n) is 3.72. The topological polar surface area (TPSA) is 90.9 Å². The normalized spacial score (nSPS) is 12.8. The Labute approximate surface area is 195 Å². The maximum absolute atomic E-state index is 14.9. The van der Waals surface area contributed by atoms with Crippen LogP contribution >= 0.6 is 0 Å². The summed E-state index contributed by atoms with van der Waals surface area (Å²) in [7, 11) is 0. The first-order chi connectivity index (χ1) is 16.5. The Balaban J connectivity index is 1.63. The summed E-state index contributed by atoms with van der Waals surface area (Å²) in [5, 5.41) is 19.6. The summed E-state index contributed by atoms with van der Waals surface area (Å²) in [4.78, 5) is 17.6. The molecule has 2 heterocycles. The van der Waals surface area contributed by atoms with Crippen molar-refractivity contribution in [1.82, 2.24) is 20.5 Å². The zero-order valence-electron chi connectivity index (χ0n) is 18.5. The number of hydrogen-bond acceptors (Lipinski definition) is 4. The van der Waals surface area contributed by atoms with Crippen LogP contribution in [-0.2, 0) is 6.42 Å². The number of benzene rings is 2. The summed E-state index contributed by atoms with van der Waals surface area (Å²) >= 11 is 0. The second kappa shape index (κ2) is 10.4. The molecular weight excluding hydrogens is 438 g/mol. The average Bonchev–Trinajstić information content (AvgIpc) is 3.33. The highest BCUT2D eigenvalue weighted by atomic mass is 19.1. The molecule has 0 bridgehead atoms. The van der Waals surface area contributed by atoms with E-state index in [0.717, 1.165) is 5.69 Å². The predicted octanol–water partition coefficient (Wildman–Crippen LogP) is 4.39. The third-order valence-corrected chi connectivity index (χ3v) is 5.69. The van der Waals surface area contributed by atoms with E-state index in [-0.39, 0.29) is 29.5 Å². The highest BCUT2D eigenvalue weighted by Gasteiger charge is 2.24. The van der Waals surface area contributed by atoms with Gasteiger partial charge in [0.05, 0.1) is 17.0 Å². The van der Waals surface area contributed by atoms with Crippen LogP contribution in [0.4, 0.5) is 8.78 Å². The second-order valence-corrected chi connectivity index (χ2v) is 8.10. The van der Waals surface area contributed by atoms with E-state index in [1.165, 1.54) is 30.3 Å². The van der Waals surface area contributed by atoms with Gasteiger partial charge in [0.15, 0.2) is 0 Å². The maximum Gasteiger partial charge on any atom is 0.252 e. The number of amides is 1. The summed E-state index contributed by atoms with van der Waals surface area (Å²) in [6.07, 6.45) is 2.08. The van der Waals surface area contributed by atoms with Gasteiger partial charge in [-0.15, -0.1) is 0 Å². The number of nitrogens with one attached hydrogen (secondary N) is 2. The number of aromatic nitrogens is 3. The minimum atomic E-state index is -0.585. The molecule has 4 rings (SSSR count). The van der Waals surface area contributed by atoms with E-state index in [2.05, 4.69) is 20.5 Å². The molecule has 0 saturated carbocycles. The number of aromatic amines is 1. The van der Waals surface area contributed by atoms with Gasteiger partial charge in [-0.3, -0.25) is 14.9 Å². The molecule has 0 spiro atoms. The first-order valence-corrected chi connectivity index (χ1v) is 10.9. The molecule has 0 saturated heterocycles. The van der Waals surface area contributed by atoms with Gasteiger partial charge >= 0.3 is 0 Å². The maximum atomic E-state index is 14.9. The van der Waals surface area contributed by atoms with Crippen molar-refractivity contribution in [2.75, 3.05) is 6.61 Å². The molecule has 8 heteroatoms. The van der Waals surface area contributed by atoms with Crippen LogP contribution in [0.1, 0.15) is 23.0 Å². The van der Waals surface area contributed by atoms with E-state index in [9.17, 15) is 18.7 Å². The van der Waals surface area contributed by atoms with Crippen LogP contribution in [0.25, 0.3) is 22.5 Å². The standard InChI is InChI=1S/C26H24F2N4O2/c1-16(15-33)22(13-19-5-2-3-12-29-19)30-26(34)20-6-4-7-21(28)25(20)24-14-23(31-32-24)17-8-10-18(27)11-9-17/h2-12,14,16,22,33H,13,15H2,1H3,(H,30,34)(H,31,32)/t16?,22-/m1/s1. The molecule has 1 amide bonds. The van der Waals surface area contributed by atoms with E-state index >= 15 is 0 Å². The van der Waals surface area contributed by atoms with Gasteiger partial charge in [-0.2, -0.15) is 5.10 Å². The Morgan fingerprint density at radius 2 is 1.88 bits per heavy atom. The molecule has 4 aromatic rings. The number of carbonyl (C=O) groups excluding carboxylic acids is 1. The van der Waals surface area contributed by atoms with Crippen molar-refractivity contribution < 1.29 is 18.7 Å². The summed E-state index contributed by atoms with van der Waals surface area (Å²) in [6.45, 7) is 1.69. The van der Waals surface area contributed by atoms with Gasteiger partial charge in [-0.1, -0.05) is 19.1 Å². The van der Waals surface area contributed by atoms with Gasteiger partial charge in [0.1, 0.15) is 11.6 Å². The molecule has 6 nitrogen and oxygen atoms in total. The fraction of sp³-hybridized carbons (Fsp3) is 0.192. The molecule has 34 heavy (non-hydrogen) atoms. The molecule has 0 aliphatic rings. The van der Waals surface area contributed by atoms with Crippen LogP contribution in [-0.4, -0.2) is 38.8 Å². The zero-order chi connectivity index (χ0) is 24.1. The number of halogens is 2. The van der Waals surface area contributed by atoms with Gasteiger partial charge in [0.2, 0.25) is 0 Å². The Hall–Kier alpha value is -3.91. The lowest BCUT2D eigenvalue weighted by Gasteiger charge is -2.24. The van der Waals surface area contributed by atoms with E-state index in [1.54, 1.807) is 30.5 Å². The van der Waals surface area contributed by atoms with Crippen molar-refractivity contribution in [2.45, 2.75) is 19.4 Å². The molecule has 174 valence electrons. The van der Waals surface area contributed by atoms with Gasteiger partial charge in [0.25, 0.3) is 5.91 Å². The minimum absolute atomic E-state index is 0.0779. The number of aliphatic hydroxyl groups excluding tert-OH is 1. The lowest BCUT2D eigenvalue weighted by molar-refractivity contribution is 0.0909. The molecule has 0 fully saturated rings. The Bertz CT molecular complexity index is 1260. The average molecular weight is 463 g/mol. The molecule has 0 aliphatic heterocycles. The predicted molar refractivity (Wildman–Crippen MR) is 125 cm³/mol. The number of H-pyrrole nitrogens is 1. The molecular formula is C26H24F2N4O2. The first kappa shape index (κ1) is 23.3. The van der Waals surface area contributed by atoms with Crippen molar-refractivity contribution in [3.8, 4) is 22.5 Å². The van der Waals surface area contributed by atoms with Gasteiger partial charge in [0, 0.05) is 42.1 Å². The Kier molecular flexibility index (Phi) is 7.08. The molecule has 2 aromatic carbocycles. The fourth-order valence-corrected chi connectivity index (χ4v) is 3.72.